The molecule has 0 spiro atoms. The van der Waals surface area contributed by atoms with Gasteiger partial charge in [-0.2, -0.15) is 0 Å². The quantitative estimate of drug-likeness (QED) is 0.507. The molecule has 1 atom stereocenters. The van der Waals surface area contributed by atoms with Gasteiger partial charge in [0, 0.05) is 14.7 Å². The molecule has 0 aliphatic heterocycles. The average Bonchev–Trinajstić information content (AvgIpc) is 1.78. The first-order chi connectivity index (χ1) is 4.92. The smallest absolute Gasteiger partial charge is 0.0774 e. The van der Waals surface area contributed by atoms with Crippen molar-refractivity contribution in [3.8, 4) is 0 Å². The van der Waals surface area contributed by atoms with Crippen molar-refractivity contribution in [3.63, 3.8) is 0 Å². The molecule has 1 unspecified atom stereocenters. The highest BCUT2D eigenvalue weighted by molar-refractivity contribution is 6.76. The van der Waals surface area contributed by atoms with Crippen molar-refractivity contribution in [1.82, 2.24) is 0 Å². The van der Waals surface area contributed by atoms with Crippen LogP contribution in [0.1, 0.15) is 0 Å². The van der Waals surface area contributed by atoms with Gasteiger partial charge in [-0.3, -0.25) is 0 Å². The lowest BCUT2D eigenvalue weighted by atomic mass is 10.4. The lowest BCUT2D eigenvalue weighted by Gasteiger charge is -2.15. The van der Waals surface area contributed by atoms with Crippen LogP contribution in [0.3, 0.4) is 0 Å². The molecular weight excluding hydrogens is 156 g/mol. The summed E-state index contributed by atoms with van der Waals surface area (Å²) in [5.41, 5.74) is 0. The fourth-order valence-corrected chi connectivity index (χ4v) is 1.35. The monoisotopic (exact) mass is 175 g/mol. The van der Waals surface area contributed by atoms with Gasteiger partial charge in [0.25, 0.3) is 0 Å². The Morgan fingerprint density at radius 3 is 2.36 bits per heavy atom. The highest BCUT2D eigenvalue weighted by Crippen LogP contribution is 2.07. The van der Waals surface area contributed by atoms with Crippen LogP contribution in [0, 0.1) is 6.92 Å². The van der Waals surface area contributed by atoms with Crippen molar-refractivity contribution in [3.05, 3.63) is 6.92 Å². The summed E-state index contributed by atoms with van der Waals surface area (Å²) in [6.45, 7) is 11.5. The van der Waals surface area contributed by atoms with Crippen LogP contribution in [-0.2, 0) is 4.74 Å². The Hall–Kier alpha value is 0.137. The molecule has 0 saturated heterocycles. The van der Waals surface area contributed by atoms with Crippen LogP contribution < -0.4 is 0 Å². The van der Waals surface area contributed by atoms with Gasteiger partial charge >= 0.3 is 0 Å². The summed E-state index contributed by atoms with van der Waals surface area (Å²) in [4.78, 5) is 0. The van der Waals surface area contributed by atoms with E-state index in [-0.39, 0.29) is 0 Å². The number of hydrogen-bond acceptors (Lipinski definition) is 2. The summed E-state index contributed by atoms with van der Waals surface area (Å²) in [6, 6.07) is 1.15. The summed E-state index contributed by atoms with van der Waals surface area (Å²) in [5, 5.41) is 8.76. The third kappa shape index (κ3) is 10.1. The Bertz CT molecular complexity index is 96.8. The van der Waals surface area contributed by atoms with Crippen LogP contribution in [0.2, 0.25) is 25.7 Å². The van der Waals surface area contributed by atoms with Crippen molar-refractivity contribution in [2.75, 3.05) is 13.2 Å². The van der Waals surface area contributed by atoms with Crippen molar-refractivity contribution >= 4 is 8.07 Å². The van der Waals surface area contributed by atoms with Gasteiger partial charge in [0.2, 0.25) is 0 Å². The van der Waals surface area contributed by atoms with E-state index in [9.17, 15) is 0 Å². The maximum absolute atomic E-state index is 8.76. The van der Waals surface area contributed by atoms with Crippen LogP contribution in [0.25, 0.3) is 0 Å². The first kappa shape index (κ1) is 11.1. The van der Waals surface area contributed by atoms with Crippen molar-refractivity contribution in [1.29, 1.82) is 0 Å². The van der Waals surface area contributed by atoms with E-state index in [0.717, 1.165) is 12.7 Å². The van der Waals surface area contributed by atoms with Crippen molar-refractivity contribution in [2.45, 2.75) is 31.8 Å². The molecule has 1 N–H and O–H groups in total. The molecule has 0 amide bonds. The number of aliphatic hydroxyl groups excluding tert-OH is 1. The zero-order chi connectivity index (χ0) is 8.91. The summed E-state index contributed by atoms with van der Waals surface area (Å²) >= 11 is 0. The number of aliphatic hydroxyl groups is 1. The summed E-state index contributed by atoms with van der Waals surface area (Å²) in [5.74, 6) is 0. The van der Waals surface area contributed by atoms with Gasteiger partial charge in [-0.25, -0.2) is 0 Å². The predicted molar refractivity (Wildman–Crippen MR) is 50.3 cm³/mol. The molecule has 0 heterocycles. The normalized spacial score (nSPS) is 15.0. The maximum atomic E-state index is 8.76. The molecular formula is C8H19O2Si. The molecule has 2 nitrogen and oxygen atoms in total. The van der Waals surface area contributed by atoms with E-state index in [1.807, 2.05) is 0 Å². The summed E-state index contributed by atoms with van der Waals surface area (Å²) < 4.78 is 5.19. The fourth-order valence-electron chi connectivity index (χ4n) is 0.598. The summed E-state index contributed by atoms with van der Waals surface area (Å²) in [7, 11) is -0.956. The van der Waals surface area contributed by atoms with Crippen LogP contribution in [0.15, 0.2) is 0 Å². The first-order valence-electron chi connectivity index (χ1n) is 4.01. The SMILES string of the molecule is [CH2]C(O)COCC[Si](C)(C)C. The van der Waals surface area contributed by atoms with E-state index in [2.05, 4.69) is 26.6 Å². The largest absolute Gasteiger partial charge is 0.391 e. The molecule has 0 bridgehead atoms. The van der Waals surface area contributed by atoms with Crippen LogP contribution in [0.4, 0.5) is 0 Å². The summed E-state index contributed by atoms with van der Waals surface area (Å²) in [6.07, 6.45) is -0.573. The van der Waals surface area contributed by atoms with E-state index in [4.69, 9.17) is 9.84 Å². The van der Waals surface area contributed by atoms with Gasteiger partial charge in [0.05, 0.1) is 12.7 Å². The zero-order valence-corrected chi connectivity index (χ0v) is 8.76. The van der Waals surface area contributed by atoms with Gasteiger partial charge in [0.1, 0.15) is 0 Å². The molecule has 0 aliphatic rings. The minimum atomic E-state index is -0.956. The second-order valence-electron chi connectivity index (χ2n) is 4.04. The van der Waals surface area contributed by atoms with Crippen LogP contribution in [0.5, 0.6) is 0 Å². The highest BCUT2D eigenvalue weighted by Gasteiger charge is 2.11. The Morgan fingerprint density at radius 2 is 2.00 bits per heavy atom. The predicted octanol–water partition coefficient (Wildman–Crippen LogP) is 1.54. The second kappa shape index (κ2) is 4.90. The van der Waals surface area contributed by atoms with Gasteiger partial charge in [-0.05, 0) is 13.0 Å². The minimum Gasteiger partial charge on any atom is -0.391 e. The van der Waals surface area contributed by atoms with Gasteiger partial charge in [-0.1, -0.05) is 19.6 Å². The molecule has 0 aromatic carbocycles. The third-order valence-corrected chi connectivity index (χ3v) is 3.01. The topological polar surface area (TPSA) is 29.5 Å². The van der Waals surface area contributed by atoms with Gasteiger partial charge in [-0.15, -0.1) is 0 Å². The van der Waals surface area contributed by atoms with Gasteiger partial charge in [0.15, 0.2) is 0 Å². The average molecular weight is 175 g/mol. The molecule has 3 heteroatoms. The number of ether oxygens (including phenoxy) is 1. The molecule has 0 rings (SSSR count). The second-order valence-corrected chi connectivity index (χ2v) is 9.66. The fraction of sp³-hybridized carbons (Fsp3) is 0.875. The Labute approximate surface area is 70.6 Å². The lowest BCUT2D eigenvalue weighted by Crippen LogP contribution is -2.23. The Kier molecular flexibility index (Phi) is 4.96. The molecule has 0 aliphatic carbocycles. The number of hydrogen-bond donors (Lipinski definition) is 1. The third-order valence-electron chi connectivity index (χ3n) is 1.31. The standard InChI is InChI=1S/C8H19O2Si/c1-8(9)7-10-5-6-11(2,3)4/h8-9H,1,5-7H2,2-4H3. The van der Waals surface area contributed by atoms with Crippen LogP contribution >= 0.6 is 0 Å². The van der Waals surface area contributed by atoms with Crippen molar-refractivity contribution in [2.24, 2.45) is 0 Å². The van der Waals surface area contributed by atoms with E-state index in [1.165, 1.54) is 0 Å². The Morgan fingerprint density at radius 1 is 1.45 bits per heavy atom. The van der Waals surface area contributed by atoms with Crippen LogP contribution in [-0.4, -0.2) is 32.5 Å². The molecule has 0 aromatic heterocycles. The Balaban J connectivity index is 3.15. The molecule has 67 valence electrons. The molecule has 0 aromatic rings. The lowest BCUT2D eigenvalue weighted by molar-refractivity contribution is 0.0651. The maximum Gasteiger partial charge on any atom is 0.0774 e. The molecule has 0 fully saturated rings. The van der Waals surface area contributed by atoms with Gasteiger partial charge < -0.3 is 9.84 Å². The van der Waals surface area contributed by atoms with E-state index in [1.54, 1.807) is 0 Å². The van der Waals surface area contributed by atoms with E-state index < -0.39 is 14.2 Å². The molecule has 0 saturated carbocycles. The highest BCUT2D eigenvalue weighted by atomic mass is 28.3. The number of rotatable bonds is 5. The first-order valence-corrected chi connectivity index (χ1v) is 7.71. The zero-order valence-electron chi connectivity index (χ0n) is 7.76. The van der Waals surface area contributed by atoms with E-state index in [0.29, 0.717) is 6.61 Å². The molecule has 11 heavy (non-hydrogen) atoms. The van der Waals surface area contributed by atoms with Crippen molar-refractivity contribution < 1.29 is 9.84 Å². The molecule has 1 radical (unpaired) electrons. The minimum absolute atomic E-state index is 0.366. The van der Waals surface area contributed by atoms with E-state index >= 15 is 0 Å².